The van der Waals surface area contributed by atoms with Crippen molar-refractivity contribution in [2.24, 2.45) is 0 Å². The molecule has 1 saturated heterocycles. The lowest BCUT2D eigenvalue weighted by molar-refractivity contribution is 0.151. The van der Waals surface area contributed by atoms with Crippen LogP contribution in [-0.2, 0) is 4.74 Å². The molecule has 2 aromatic rings. The first-order chi connectivity index (χ1) is 13.9. The Hall–Kier alpha value is -1.37. The van der Waals surface area contributed by atoms with Crippen LogP contribution in [-0.4, -0.2) is 50.3 Å². The lowest BCUT2D eigenvalue weighted by Gasteiger charge is -2.36. The standard InChI is InChI=1S/C20H21Cl4N3O2/c21-14-2-4-16(5-3-14)27-9-7-26(8-10-27)6-1-11-29-20(28)25-15-12-17(22)19(24)18(23)13-15/h2-5,12-13H,1,6-11H2,(H,25,28). The Morgan fingerprint density at radius 2 is 1.59 bits per heavy atom. The van der Waals surface area contributed by atoms with E-state index in [1.807, 2.05) is 24.3 Å². The van der Waals surface area contributed by atoms with Gasteiger partial charge in [-0.3, -0.25) is 10.2 Å². The van der Waals surface area contributed by atoms with Gasteiger partial charge < -0.3 is 9.64 Å². The average Bonchev–Trinajstić information content (AvgIpc) is 2.70. The van der Waals surface area contributed by atoms with Crippen LogP contribution in [0.25, 0.3) is 0 Å². The molecule has 2 aromatic carbocycles. The van der Waals surface area contributed by atoms with E-state index in [4.69, 9.17) is 51.1 Å². The fourth-order valence-electron chi connectivity index (χ4n) is 3.12. The number of benzene rings is 2. The highest BCUT2D eigenvalue weighted by Gasteiger charge is 2.17. The van der Waals surface area contributed by atoms with Gasteiger partial charge >= 0.3 is 6.09 Å². The van der Waals surface area contributed by atoms with Crippen LogP contribution < -0.4 is 10.2 Å². The topological polar surface area (TPSA) is 44.8 Å². The third-order valence-corrected chi connectivity index (χ3v) is 6.09. The van der Waals surface area contributed by atoms with Gasteiger partial charge in [0.1, 0.15) is 0 Å². The molecule has 0 radical (unpaired) electrons. The lowest BCUT2D eigenvalue weighted by Crippen LogP contribution is -2.46. The maximum Gasteiger partial charge on any atom is 0.411 e. The average molecular weight is 477 g/mol. The highest BCUT2D eigenvalue weighted by molar-refractivity contribution is 6.48. The number of carbonyl (C=O) groups excluding carboxylic acids is 1. The molecule has 1 aliphatic rings. The first-order valence-electron chi connectivity index (χ1n) is 9.23. The van der Waals surface area contributed by atoms with Gasteiger partial charge in [0.05, 0.1) is 21.7 Å². The summed E-state index contributed by atoms with van der Waals surface area (Å²) in [6, 6.07) is 11.0. The molecule has 0 aliphatic carbocycles. The van der Waals surface area contributed by atoms with Gasteiger partial charge in [0.25, 0.3) is 0 Å². The summed E-state index contributed by atoms with van der Waals surface area (Å²) >= 11 is 23.7. The summed E-state index contributed by atoms with van der Waals surface area (Å²) in [4.78, 5) is 16.6. The van der Waals surface area contributed by atoms with Crippen LogP contribution >= 0.6 is 46.4 Å². The second-order valence-electron chi connectivity index (χ2n) is 6.67. The zero-order valence-corrected chi connectivity index (χ0v) is 18.7. The molecule has 1 aliphatic heterocycles. The Labute approximate surface area is 190 Å². The SMILES string of the molecule is O=C(Nc1cc(Cl)c(Cl)c(Cl)c1)OCCCN1CCN(c2ccc(Cl)cc2)CC1. The molecular weight excluding hydrogens is 456 g/mol. The van der Waals surface area contributed by atoms with Crippen molar-refractivity contribution < 1.29 is 9.53 Å². The van der Waals surface area contributed by atoms with Gasteiger partial charge in [-0.25, -0.2) is 4.79 Å². The summed E-state index contributed by atoms with van der Waals surface area (Å²) in [7, 11) is 0. The van der Waals surface area contributed by atoms with E-state index in [-0.39, 0.29) is 15.1 Å². The van der Waals surface area contributed by atoms with Crippen LogP contribution in [0.5, 0.6) is 0 Å². The predicted octanol–water partition coefficient (Wildman–Crippen LogP) is 6.06. The van der Waals surface area contributed by atoms with Crippen molar-refractivity contribution in [2.45, 2.75) is 6.42 Å². The highest BCUT2D eigenvalue weighted by Crippen LogP contribution is 2.33. The fraction of sp³-hybridized carbons (Fsp3) is 0.350. The Morgan fingerprint density at radius 3 is 2.21 bits per heavy atom. The minimum atomic E-state index is -0.549. The van der Waals surface area contributed by atoms with E-state index < -0.39 is 6.09 Å². The molecule has 1 amide bonds. The van der Waals surface area contributed by atoms with Crippen molar-refractivity contribution in [1.29, 1.82) is 0 Å². The summed E-state index contributed by atoms with van der Waals surface area (Å²) in [5.41, 5.74) is 1.63. The van der Waals surface area contributed by atoms with Crippen LogP contribution in [0.1, 0.15) is 6.42 Å². The minimum Gasteiger partial charge on any atom is -0.449 e. The first-order valence-corrected chi connectivity index (χ1v) is 10.7. The Kier molecular flexibility index (Phi) is 8.16. The third kappa shape index (κ3) is 6.56. The number of hydrogen-bond donors (Lipinski definition) is 1. The van der Waals surface area contributed by atoms with Gasteiger partial charge in [0.2, 0.25) is 0 Å². The summed E-state index contributed by atoms with van der Waals surface area (Å²) < 4.78 is 5.23. The zero-order chi connectivity index (χ0) is 20.8. The summed E-state index contributed by atoms with van der Waals surface area (Å²) in [6.07, 6.45) is 0.211. The quantitative estimate of drug-likeness (QED) is 0.406. The van der Waals surface area contributed by atoms with Crippen molar-refractivity contribution >= 4 is 63.9 Å². The Morgan fingerprint density at radius 1 is 0.966 bits per heavy atom. The maximum absolute atomic E-state index is 11.9. The number of piperazine rings is 1. The molecule has 3 rings (SSSR count). The number of nitrogens with one attached hydrogen (secondary N) is 1. The van der Waals surface area contributed by atoms with Crippen LogP contribution in [0, 0.1) is 0 Å². The molecule has 0 unspecified atom stereocenters. The highest BCUT2D eigenvalue weighted by atomic mass is 35.5. The van der Waals surface area contributed by atoms with Crippen molar-refractivity contribution in [3.63, 3.8) is 0 Å². The fourth-order valence-corrected chi connectivity index (χ4v) is 3.84. The Bertz CT molecular complexity index is 817. The summed E-state index contributed by atoms with van der Waals surface area (Å²) in [5, 5.41) is 4.14. The summed E-state index contributed by atoms with van der Waals surface area (Å²) in [5.74, 6) is 0. The van der Waals surface area contributed by atoms with E-state index in [0.717, 1.165) is 44.2 Å². The van der Waals surface area contributed by atoms with Gasteiger partial charge in [-0.1, -0.05) is 46.4 Å². The Balaban J connectivity index is 1.34. The van der Waals surface area contributed by atoms with Crippen molar-refractivity contribution in [2.75, 3.05) is 49.5 Å². The number of rotatable bonds is 6. The van der Waals surface area contributed by atoms with Crippen LogP contribution in [0.15, 0.2) is 36.4 Å². The molecule has 0 saturated carbocycles. The minimum absolute atomic E-state index is 0.253. The second-order valence-corrected chi connectivity index (χ2v) is 8.30. The van der Waals surface area contributed by atoms with Gasteiger partial charge in [-0.05, 0) is 42.8 Å². The van der Waals surface area contributed by atoms with E-state index >= 15 is 0 Å². The first kappa shape index (κ1) is 22.3. The monoisotopic (exact) mass is 475 g/mol. The van der Waals surface area contributed by atoms with E-state index in [1.54, 1.807) is 0 Å². The van der Waals surface area contributed by atoms with Crippen molar-refractivity contribution in [3.05, 3.63) is 56.5 Å². The molecule has 5 nitrogen and oxygen atoms in total. The van der Waals surface area contributed by atoms with Gasteiger partial charge in [0.15, 0.2) is 0 Å². The van der Waals surface area contributed by atoms with Crippen LogP contribution in [0.4, 0.5) is 16.2 Å². The predicted molar refractivity (Wildman–Crippen MR) is 121 cm³/mol. The number of ether oxygens (including phenoxy) is 1. The summed E-state index contributed by atoms with van der Waals surface area (Å²) in [6.45, 7) is 5.06. The molecule has 0 aromatic heterocycles. The van der Waals surface area contributed by atoms with E-state index in [0.29, 0.717) is 12.3 Å². The molecule has 0 spiro atoms. The smallest absolute Gasteiger partial charge is 0.411 e. The molecule has 29 heavy (non-hydrogen) atoms. The molecule has 1 heterocycles. The normalized spacial score (nSPS) is 14.7. The molecule has 0 atom stereocenters. The number of hydrogen-bond acceptors (Lipinski definition) is 4. The number of anilines is 2. The number of amides is 1. The van der Waals surface area contributed by atoms with Crippen molar-refractivity contribution in [3.8, 4) is 0 Å². The van der Waals surface area contributed by atoms with Crippen LogP contribution in [0.3, 0.4) is 0 Å². The largest absolute Gasteiger partial charge is 0.449 e. The number of nitrogens with zero attached hydrogens (tertiary/aromatic N) is 2. The van der Waals surface area contributed by atoms with Crippen LogP contribution in [0.2, 0.25) is 20.1 Å². The molecule has 1 N–H and O–H groups in total. The third-order valence-electron chi connectivity index (χ3n) is 4.65. The molecule has 156 valence electrons. The van der Waals surface area contributed by atoms with E-state index in [2.05, 4.69) is 15.1 Å². The number of halogens is 4. The van der Waals surface area contributed by atoms with E-state index in [1.165, 1.54) is 17.8 Å². The molecule has 1 fully saturated rings. The zero-order valence-electron chi connectivity index (χ0n) is 15.6. The molecular formula is C20H21Cl4N3O2. The second kappa shape index (κ2) is 10.6. The number of carbonyl (C=O) groups is 1. The molecule has 0 bridgehead atoms. The van der Waals surface area contributed by atoms with E-state index in [9.17, 15) is 4.79 Å². The van der Waals surface area contributed by atoms with Gasteiger partial charge in [-0.2, -0.15) is 0 Å². The lowest BCUT2D eigenvalue weighted by atomic mass is 10.2. The maximum atomic E-state index is 11.9. The van der Waals surface area contributed by atoms with Gasteiger partial charge in [-0.15, -0.1) is 0 Å². The van der Waals surface area contributed by atoms with Gasteiger partial charge in [0, 0.05) is 49.1 Å². The van der Waals surface area contributed by atoms with Crippen molar-refractivity contribution in [1.82, 2.24) is 4.90 Å². The molecule has 9 heteroatoms.